The molecule has 1 aliphatic heterocycles. The maximum Gasteiger partial charge on any atom is 0.303 e. The summed E-state index contributed by atoms with van der Waals surface area (Å²) in [5.74, 6) is -2.05. The fourth-order valence-electron chi connectivity index (χ4n) is 2.71. The molecule has 9 nitrogen and oxygen atoms in total. The fourth-order valence-corrected chi connectivity index (χ4v) is 2.71. The van der Waals surface area contributed by atoms with Crippen LogP contribution in [-0.2, 0) is 23.9 Å². The first-order chi connectivity index (χ1) is 11.4. The van der Waals surface area contributed by atoms with Crippen molar-refractivity contribution in [1.82, 2.24) is 16.0 Å². The highest BCUT2D eigenvalue weighted by Crippen LogP contribution is 2.22. The number of hydrogen-bond acceptors (Lipinski definition) is 6. The number of hydrogen-bond donors (Lipinski definition) is 4. The SMILES string of the molecule is CC(=O)OC(C(=O)NC1CC1)C(CC1CCNC1=O)NC(=O)CN. The topological polar surface area (TPSA) is 140 Å². The summed E-state index contributed by atoms with van der Waals surface area (Å²) in [6, 6.07) is -0.728. The van der Waals surface area contributed by atoms with E-state index in [2.05, 4.69) is 16.0 Å². The van der Waals surface area contributed by atoms with Crippen molar-refractivity contribution in [3.05, 3.63) is 0 Å². The number of carbonyl (C=O) groups is 4. The minimum absolute atomic E-state index is 0.0798. The van der Waals surface area contributed by atoms with Gasteiger partial charge >= 0.3 is 5.97 Å². The van der Waals surface area contributed by atoms with E-state index in [4.69, 9.17) is 10.5 Å². The van der Waals surface area contributed by atoms with E-state index in [-0.39, 0.29) is 30.8 Å². The van der Waals surface area contributed by atoms with E-state index < -0.39 is 29.9 Å². The third-order valence-corrected chi connectivity index (χ3v) is 4.07. The van der Waals surface area contributed by atoms with E-state index in [1.165, 1.54) is 6.92 Å². The molecule has 1 heterocycles. The minimum Gasteiger partial charge on any atom is -0.450 e. The summed E-state index contributed by atoms with van der Waals surface area (Å²) in [6.07, 6.45) is 1.37. The largest absolute Gasteiger partial charge is 0.450 e. The number of esters is 1. The minimum atomic E-state index is -1.19. The second-order valence-corrected chi connectivity index (χ2v) is 6.20. The lowest BCUT2D eigenvalue weighted by Gasteiger charge is -2.28. The Morgan fingerprint density at radius 3 is 2.54 bits per heavy atom. The van der Waals surface area contributed by atoms with Gasteiger partial charge in [0.1, 0.15) is 0 Å². The first kappa shape index (κ1) is 18.2. The fraction of sp³-hybridized carbons (Fsp3) is 0.733. The predicted octanol–water partition coefficient (Wildman–Crippen LogP) is -1.83. The molecule has 24 heavy (non-hydrogen) atoms. The van der Waals surface area contributed by atoms with Crippen LogP contribution in [0.3, 0.4) is 0 Å². The highest BCUT2D eigenvalue weighted by atomic mass is 16.5. The Morgan fingerprint density at radius 1 is 1.33 bits per heavy atom. The summed E-state index contributed by atoms with van der Waals surface area (Å²) < 4.78 is 5.16. The quantitative estimate of drug-likeness (QED) is 0.383. The first-order valence-electron chi connectivity index (χ1n) is 8.15. The molecule has 0 aromatic rings. The number of carbonyl (C=O) groups excluding carboxylic acids is 4. The highest BCUT2D eigenvalue weighted by molar-refractivity contribution is 5.86. The van der Waals surface area contributed by atoms with Crippen molar-refractivity contribution in [1.29, 1.82) is 0 Å². The smallest absolute Gasteiger partial charge is 0.303 e. The Hall–Kier alpha value is -2.16. The van der Waals surface area contributed by atoms with Gasteiger partial charge in [0.05, 0.1) is 12.6 Å². The van der Waals surface area contributed by atoms with Crippen LogP contribution in [0.1, 0.15) is 32.6 Å². The maximum atomic E-state index is 12.4. The van der Waals surface area contributed by atoms with Crippen LogP contribution in [0.25, 0.3) is 0 Å². The van der Waals surface area contributed by atoms with Crippen molar-refractivity contribution in [3.8, 4) is 0 Å². The number of nitrogens with two attached hydrogens (primary N) is 1. The van der Waals surface area contributed by atoms with Crippen molar-refractivity contribution < 1.29 is 23.9 Å². The molecule has 134 valence electrons. The van der Waals surface area contributed by atoms with E-state index >= 15 is 0 Å². The molecule has 0 radical (unpaired) electrons. The predicted molar refractivity (Wildman–Crippen MR) is 83.4 cm³/mol. The molecule has 2 fully saturated rings. The maximum absolute atomic E-state index is 12.4. The molecule has 0 bridgehead atoms. The van der Waals surface area contributed by atoms with Crippen LogP contribution in [0.2, 0.25) is 0 Å². The van der Waals surface area contributed by atoms with Gasteiger partial charge in [0.15, 0.2) is 6.10 Å². The summed E-state index contributed by atoms with van der Waals surface area (Å²) in [6.45, 7) is 1.49. The van der Waals surface area contributed by atoms with Crippen LogP contribution in [0.5, 0.6) is 0 Å². The summed E-state index contributed by atoms with van der Waals surface area (Å²) in [5.41, 5.74) is 5.32. The van der Waals surface area contributed by atoms with E-state index in [1.807, 2.05) is 0 Å². The van der Waals surface area contributed by atoms with Crippen LogP contribution in [0, 0.1) is 5.92 Å². The lowest BCUT2D eigenvalue weighted by atomic mass is 9.94. The molecule has 0 spiro atoms. The Bertz CT molecular complexity index is 520. The first-order valence-corrected chi connectivity index (χ1v) is 8.15. The van der Waals surface area contributed by atoms with Crippen molar-refractivity contribution >= 4 is 23.7 Å². The molecule has 0 aromatic carbocycles. The van der Waals surface area contributed by atoms with E-state index in [1.54, 1.807) is 0 Å². The van der Waals surface area contributed by atoms with Gasteiger partial charge in [0.25, 0.3) is 5.91 Å². The van der Waals surface area contributed by atoms with Gasteiger partial charge in [-0.25, -0.2) is 0 Å². The van der Waals surface area contributed by atoms with Crippen molar-refractivity contribution in [2.24, 2.45) is 11.7 Å². The van der Waals surface area contributed by atoms with Gasteiger partial charge in [-0.05, 0) is 25.7 Å². The summed E-state index contributed by atoms with van der Waals surface area (Å²) >= 11 is 0. The van der Waals surface area contributed by atoms with Crippen LogP contribution in [-0.4, -0.2) is 55.0 Å². The zero-order chi connectivity index (χ0) is 17.7. The van der Waals surface area contributed by atoms with Gasteiger partial charge in [-0.1, -0.05) is 0 Å². The highest BCUT2D eigenvalue weighted by Gasteiger charge is 2.38. The molecule has 3 atom stereocenters. The molecular formula is C15H24N4O5. The van der Waals surface area contributed by atoms with Gasteiger partial charge in [-0.2, -0.15) is 0 Å². The Kier molecular flexibility index (Phi) is 6.13. The monoisotopic (exact) mass is 340 g/mol. The molecular weight excluding hydrogens is 316 g/mol. The Labute approximate surface area is 140 Å². The number of rotatable bonds is 8. The van der Waals surface area contributed by atoms with Gasteiger partial charge < -0.3 is 26.4 Å². The number of amides is 3. The van der Waals surface area contributed by atoms with Crippen molar-refractivity contribution in [3.63, 3.8) is 0 Å². The van der Waals surface area contributed by atoms with Crippen LogP contribution in [0.4, 0.5) is 0 Å². The molecule has 2 rings (SSSR count). The Balaban J connectivity index is 2.13. The normalized spacial score (nSPS) is 22.2. The molecule has 9 heteroatoms. The summed E-state index contributed by atoms with van der Waals surface area (Å²) in [7, 11) is 0. The van der Waals surface area contributed by atoms with Crippen molar-refractivity contribution in [2.75, 3.05) is 13.1 Å². The molecule has 3 amide bonds. The standard InChI is InChI=1S/C15H24N4O5/c1-8(20)24-13(15(23)18-10-2-3-10)11(19-12(21)7-16)6-9-4-5-17-14(9)22/h9-11,13H,2-7,16H2,1H3,(H,17,22)(H,18,23)(H,19,21). The summed E-state index contributed by atoms with van der Waals surface area (Å²) in [4.78, 5) is 47.4. The lowest BCUT2D eigenvalue weighted by molar-refractivity contribution is -0.157. The van der Waals surface area contributed by atoms with Gasteiger partial charge in [-0.15, -0.1) is 0 Å². The van der Waals surface area contributed by atoms with Crippen molar-refractivity contribution in [2.45, 2.75) is 50.8 Å². The second-order valence-electron chi connectivity index (χ2n) is 6.20. The van der Waals surface area contributed by atoms with E-state index in [0.717, 1.165) is 12.8 Å². The van der Waals surface area contributed by atoms with Crippen LogP contribution < -0.4 is 21.7 Å². The van der Waals surface area contributed by atoms with Crippen LogP contribution >= 0.6 is 0 Å². The second kappa shape index (κ2) is 8.09. The van der Waals surface area contributed by atoms with Crippen LogP contribution in [0.15, 0.2) is 0 Å². The third kappa shape index (κ3) is 5.19. The average Bonchev–Trinajstić information content (AvgIpc) is 3.25. The molecule has 5 N–H and O–H groups in total. The molecule has 1 saturated carbocycles. The molecule has 1 saturated heterocycles. The van der Waals surface area contributed by atoms with Gasteiger partial charge in [0.2, 0.25) is 11.8 Å². The summed E-state index contributed by atoms with van der Waals surface area (Å²) in [5, 5.41) is 8.09. The zero-order valence-corrected chi connectivity index (χ0v) is 13.7. The molecule has 2 aliphatic rings. The van der Waals surface area contributed by atoms with Gasteiger partial charge in [0, 0.05) is 25.4 Å². The molecule has 0 aromatic heterocycles. The average molecular weight is 340 g/mol. The van der Waals surface area contributed by atoms with E-state index in [9.17, 15) is 19.2 Å². The molecule has 3 unspecified atom stereocenters. The van der Waals surface area contributed by atoms with E-state index in [0.29, 0.717) is 13.0 Å². The third-order valence-electron chi connectivity index (χ3n) is 4.07. The zero-order valence-electron chi connectivity index (χ0n) is 13.7. The Morgan fingerprint density at radius 2 is 2.04 bits per heavy atom. The van der Waals surface area contributed by atoms with Gasteiger partial charge in [-0.3, -0.25) is 19.2 Å². The lowest BCUT2D eigenvalue weighted by Crippen LogP contribution is -2.54. The molecule has 1 aliphatic carbocycles. The number of ether oxygens (including phenoxy) is 1. The number of nitrogens with one attached hydrogen (secondary N) is 3.